The number of hydrogen-bond donors (Lipinski definition) is 5. The minimum absolute atomic E-state index is 0.106. The molecule has 1 rings (SSSR count). The first-order chi connectivity index (χ1) is 19.6. The van der Waals surface area contributed by atoms with Crippen LogP contribution in [0, 0.1) is 30.6 Å². The van der Waals surface area contributed by atoms with E-state index < -0.39 is 30.1 Å². The molecule has 5 atom stereocenters. The van der Waals surface area contributed by atoms with Gasteiger partial charge in [0.15, 0.2) is 0 Å². The van der Waals surface area contributed by atoms with Crippen LogP contribution in [0.25, 0.3) is 0 Å². The van der Waals surface area contributed by atoms with Crippen molar-refractivity contribution in [2.45, 2.75) is 105 Å². The summed E-state index contributed by atoms with van der Waals surface area (Å²) in [5.41, 5.74) is 0.920. The Kier molecular flexibility index (Phi) is 17.3. The third-order valence-corrected chi connectivity index (χ3v) is 8.40. The summed E-state index contributed by atoms with van der Waals surface area (Å²) in [6, 6.07) is -2.05. The molecule has 0 radical (unpaired) electrons. The van der Waals surface area contributed by atoms with Gasteiger partial charge in [0.1, 0.15) is 12.1 Å². The highest BCUT2D eigenvalue weighted by Crippen LogP contribution is 2.17. The lowest BCUT2D eigenvalue weighted by Gasteiger charge is -2.30. The Bertz CT molecular complexity index is 1000. The molecule has 0 aliphatic heterocycles. The van der Waals surface area contributed by atoms with Gasteiger partial charge in [-0.25, -0.2) is 4.98 Å². The van der Waals surface area contributed by atoms with Crippen molar-refractivity contribution in [3.8, 4) is 0 Å². The third-order valence-electron chi connectivity index (χ3n) is 6.71. The number of carbonyl (C=O) groups is 4. The van der Waals surface area contributed by atoms with Crippen LogP contribution in [0.2, 0.25) is 0 Å². The molecule has 10 nitrogen and oxygen atoms in total. The van der Waals surface area contributed by atoms with Gasteiger partial charge in [0.05, 0.1) is 17.2 Å². The summed E-state index contributed by atoms with van der Waals surface area (Å²) in [6.45, 7) is 15.9. The lowest BCUT2D eigenvalue weighted by atomic mass is 9.91. The van der Waals surface area contributed by atoms with Gasteiger partial charge in [-0.15, -0.1) is 11.3 Å². The van der Waals surface area contributed by atoms with Gasteiger partial charge in [-0.1, -0.05) is 48.5 Å². The van der Waals surface area contributed by atoms with Gasteiger partial charge in [-0.3, -0.25) is 19.2 Å². The van der Waals surface area contributed by atoms with E-state index in [0.717, 1.165) is 10.7 Å². The maximum atomic E-state index is 13.3. The monoisotopic (exact) mass is 627 g/mol. The second-order valence-electron chi connectivity index (χ2n) is 12.3. The Labute approximate surface area is 260 Å². The number of aromatic nitrogens is 1. The second-order valence-corrected chi connectivity index (χ2v) is 14.1. The normalized spacial score (nSPS) is 15.2. The van der Waals surface area contributed by atoms with Crippen LogP contribution in [0.1, 0.15) is 78.4 Å². The van der Waals surface area contributed by atoms with Crippen LogP contribution in [0.5, 0.6) is 0 Å². The molecule has 0 unspecified atom stereocenters. The molecule has 0 fully saturated rings. The SMILES string of the molecule is CSC[C@H](NC(=O)CCc1nc(C)cs1)C(=O)N[C@H](CC(C)C)[C@@H](O)C[C@@H](C)C(=O)N[C@@H](C(=O)NCC(C)C)C(C)C. The van der Waals surface area contributed by atoms with Gasteiger partial charge < -0.3 is 26.4 Å². The fourth-order valence-corrected chi connectivity index (χ4v) is 5.68. The van der Waals surface area contributed by atoms with Gasteiger partial charge in [0.25, 0.3) is 0 Å². The highest BCUT2D eigenvalue weighted by Gasteiger charge is 2.31. The van der Waals surface area contributed by atoms with Crippen molar-refractivity contribution in [3.05, 3.63) is 16.1 Å². The quantitative estimate of drug-likeness (QED) is 0.158. The molecule has 0 aromatic carbocycles. The van der Waals surface area contributed by atoms with E-state index in [0.29, 0.717) is 25.1 Å². The fourth-order valence-electron chi connectivity index (χ4n) is 4.34. The maximum Gasteiger partial charge on any atom is 0.243 e. The van der Waals surface area contributed by atoms with Crippen LogP contribution in [0.3, 0.4) is 0 Å². The number of amides is 4. The van der Waals surface area contributed by atoms with E-state index in [1.165, 1.54) is 23.1 Å². The molecule has 0 aliphatic rings. The number of hydrogen-bond acceptors (Lipinski definition) is 8. The molecule has 42 heavy (non-hydrogen) atoms. The topological polar surface area (TPSA) is 150 Å². The first-order valence-electron chi connectivity index (χ1n) is 14.9. The number of thioether (sulfide) groups is 1. The molecule has 0 saturated heterocycles. The van der Waals surface area contributed by atoms with Gasteiger partial charge in [-0.05, 0) is 43.8 Å². The molecule has 5 N–H and O–H groups in total. The summed E-state index contributed by atoms with van der Waals surface area (Å²) in [5.74, 6) is -1.03. The van der Waals surface area contributed by atoms with Crippen molar-refractivity contribution in [2.24, 2.45) is 23.7 Å². The highest BCUT2D eigenvalue weighted by atomic mass is 32.2. The Balaban J connectivity index is 2.83. The molecule has 240 valence electrons. The molecule has 12 heteroatoms. The molecular formula is C30H53N5O5S2. The van der Waals surface area contributed by atoms with Crippen LogP contribution >= 0.6 is 23.1 Å². The van der Waals surface area contributed by atoms with Crippen LogP contribution in [-0.2, 0) is 25.6 Å². The van der Waals surface area contributed by atoms with E-state index in [2.05, 4.69) is 26.3 Å². The zero-order chi connectivity index (χ0) is 32.0. The molecule has 1 aromatic rings. The summed E-state index contributed by atoms with van der Waals surface area (Å²) >= 11 is 2.95. The predicted octanol–water partition coefficient (Wildman–Crippen LogP) is 3.06. The Morgan fingerprint density at radius 3 is 2.12 bits per heavy atom. The van der Waals surface area contributed by atoms with E-state index in [-0.39, 0.29) is 54.2 Å². The number of nitrogens with zero attached hydrogens (tertiary/aromatic N) is 1. The minimum atomic E-state index is -0.997. The molecule has 0 aliphatic carbocycles. The largest absolute Gasteiger partial charge is 0.391 e. The number of carbonyl (C=O) groups excluding carboxylic acids is 4. The average Bonchev–Trinajstić information content (AvgIpc) is 3.32. The highest BCUT2D eigenvalue weighted by molar-refractivity contribution is 7.98. The lowest BCUT2D eigenvalue weighted by molar-refractivity contribution is -0.132. The van der Waals surface area contributed by atoms with Gasteiger partial charge >= 0.3 is 0 Å². The number of nitrogens with one attached hydrogen (secondary N) is 4. The Morgan fingerprint density at radius 1 is 0.929 bits per heavy atom. The van der Waals surface area contributed by atoms with E-state index >= 15 is 0 Å². The van der Waals surface area contributed by atoms with Crippen molar-refractivity contribution < 1.29 is 24.3 Å². The number of rotatable bonds is 19. The first kappa shape index (κ1) is 37.8. The number of aliphatic hydroxyl groups is 1. The van der Waals surface area contributed by atoms with Crippen molar-refractivity contribution in [3.63, 3.8) is 0 Å². The van der Waals surface area contributed by atoms with Crippen LogP contribution in [-0.4, -0.2) is 76.5 Å². The smallest absolute Gasteiger partial charge is 0.243 e. The van der Waals surface area contributed by atoms with Crippen molar-refractivity contribution in [2.75, 3.05) is 18.6 Å². The molecule has 0 saturated carbocycles. The zero-order valence-electron chi connectivity index (χ0n) is 26.8. The Hall–Kier alpha value is -2.18. The standard InChI is InChI=1S/C30H53N5O5S2/c1-17(2)12-22(24(36)13-20(7)28(38)35-27(19(5)6)30(40)31-14-18(3)4)34-29(39)23(16-41-9)33-25(37)10-11-26-32-21(8)15-42-26/h15,17-20,22-24,27,36H,10-14,16H2,1-9H3,(H,31,40)(H,33,37)(H,34,39)(H,35,38)/t20-,22-,23+,24+,27-/m1/s1. The summed E-state index contributed by atoms with van der Waals surface area (Å²) < 4.78 is 0. The molecule has 4 amide bonds. The number of aliphatic hydroxyl groups excluding tert-OH is 1. The van der Waals surface area contributed by atoms with E-state index in [1.807, 2.05) is 60.1 Å². The second kappa shape index (κ2) is 19.2. The molecular weight excluding hydrogens is 574 g/mol. The van der Waals surface area contributed by atoms with E-state index in [4.69, 9.17) is 0 Å². The van der Waals surface area contributed by atoms with Gasteiger partial charge in [-0.2, -0.15) is 11.8 Å². The minimum Gasteiger partial charge on any atom is -0.391 e. The van der Waals surface area contributed by atoms with Crippen LogP contribution in [0.15, 0.2) is 5.38 Å². The molecule has 0 bridgehead atoms. The predicted molar refractivity (Wildman–Crippen MR) is 171 cm³/mol. The van der Waals surface area contributed by atoms with Crippen molar-refractivity contribution in [1.29, 1.82) is 0 Å². The summed E-state index contributed by atoms with van der Waals surface area (Å²) in [6.07, 6.45) is 2.19. The zero-order valence-corrected chi connectivity index (χ0v) is 28.4. The van der Waals surface area contributed by atoms with E-state index in [1.54, 1.807) is 6.92 Å². The van der Waals surface area contributed by atoms with Crippen LogP contribution in [0.4, 0.5) is 0 Å². The molecule has 1 aromatic heterocycles. The van der Waals surface area contributed by atoms with E-state index in [9.17, 15) is 24.3 Å². The first-order valence-corrected chi connectivity index (χ1v) is 17.2. The summed E-state index contributed by atoms with van der Waals surface area (Å²) in [7, 11) is 0. The molecule has 0 spiro atoms. The summed E-state index contributed by atoms with van der Waals surface area (Å²) in [4.78, 5) is 56.0. The Morgan fingerprint density at radius 2 is 1.60 bits per heavy atom. The van der Waals surface area contributed by atoms with Gasteiger partial charge in [0.2, 0.25) is 23.6 Å². The van der Waals surface area contributed by atoms with Crippen LogP contribution < -0.4 is 21.3 Å². The number of aryl methyl sites for hydroxylation is 2. The lowest BCUT2D eigenvalue weighted by Crippen LogP contribution is -2.54. The van der Waals surface area contributed by atoms with Gasteiger partial charge in [0, 0.05) is 42.1 Å². The maximum absolute atomic E-state index is 13.3. The van der Waals surface area contributed by atoms with Crippen molar-refractivity contribution in [1.82, 2.24) is 26.3 Å². The fraction of sp³-hybridized carbons (Fsp3) is 0.767. The third kappa shape index (κ3) is 14.3. The average molecular weight is 628 g/mol. The van der Waals surface area contributed by atoms with Crippen molar-refractivity contribution >= 4 is 46.7 Å². The number of thiazole rings is 1. The summed E-state index contributed by atoms with van der Waals surface area (Å²) in [5, 5.41) is 25.5. The molecule has 1 heterocycles.